The summed E-state index contributed by atoms with van der Waals surface area (Å²) in [6, 6.07) is 1.35. The van der Waals surface area contributed by atoms with E-state index >= 15 is 0 Å². The molecule has 0 aliphatic heterocycles. The fraction of sp³-hybridized carbons (Fsp3) is 0.200. The molecule has 4 heteroatoms. The number of nitrogens with one attached hydrogen (secondary N) is 1. The Balaban J connectivity index is 3.16. The molecule has 0 amide bonds. The predicted octanol–water partition coefficient (Wildman–Crippen LogP) is 0.239. The highest BCUT2D eigenvalue weighted by molar-refractivity contribution is 5.03. The van der Waals surface area contributed by atoms with Crippen LogP contribution in [0.3, 0.4) is 0 Å². The van der Waals surface area contributed by atoms with Crippen LogP contribution in [0.25, 0.3) is 0 Å². The van der Waals surface area contributed by atoms with Gasteiger partial charge in [-0.1, -0.05) is 0 Å². The molecule has 0 spiro atoms. The van der Waals surface area contributed by atoms with Crippen LogP contribution in [0.15, 0.2) is 17.1 Å². The second-order valence-electron chi connectivity index (χ2n) is 1.54. The van der Waals surface area contributed by atoms with E-state index < -0.39 is 12.2 Å². The molecule has 3 nitrogen and oxygen atoms in total. The van der Waals surface area contributed by atoms with E-state index in [0.717, 1.165) is 0 Å². The Morgan fingerprint density at radius 3 is 3.00 bits per heavy atom. The number of halogens is 1. The molecule has 0 unspecified atom stereocenters. The number of H-pyrrole nitrogens is 1. The Kier molecular flexibility index (Phi) is 1.58. The van der Waals surface area contributed by atoms with Gasteiger partial charge in [-0.25, -0.2) is 9.49 Å². The highest BCUT2D eigenvalue weighted by Crippen LogP contribution is 1.87. The molecule has 1 rings (SSSR count). The zero-order chi connectivity index (χ0) is 6.69. The SMILES string of the molecule is O=c1[nH]nccc1CF. The van der Waals surface area contributed by atoms with E-state index in [2.05, 4.69) is 10.2 Å². The highest BCUT2D eigenvalue weighted by Gasteiger charge is 1.93. The van der Waals surface area contributed by atoms with Crippen LogP contribution in [0.4, 0.5) is 4.39 Å². The molecule has 0 bridgehead atoms. The summed E-state index contributed by atoms with van der Waals surface area (Å²) >= 11 is 0. The van der Waals surface area contributed by atoms with E-state index in [-0.39, 0.29) is 5.56 Å². The van der Waals surface area contributed by atoms with E-state index in [1.54, 1.807) is 0 Å². The molecule has 1 aromatic heterocycles. The fourth-order valence-electron chi connectivity index (χ4n) is 0.476. The lowest BCUT2D eigenvalue weighted by Gasteiger charge is -1.86. The molecule has 0 saturated carbocycles. The number of nitrogens with zero attached hydrogens (tertiary/aromatic N) is 1. The van der Waals surface area contributed by atoms with Gasteiger partial charge < -0.3 is 0 Å². The van der Waals surface area contributed by atoms with Crippen molar-refractivity contribution in [2.45, 2.75) is 6.67 Å². The number of hydrogen-bond donors (Lipinski definition) is 1. The third-order valence-corrected chi connectivity index (χ3v) is 0.952. The van der Waals surface area contributed by atoms with Crippen molar-refractivity contribution in [1.29, 1.82) is 0 Å². The van der Waals surface area contributed by atoms with Crippen molar-refractivity contribution >= 4 is 0 Å². The summed E-state index contributed by atoms with van der Waals surface area (Å²) in [6.45, 7) is -0.738. The molecule has 0 aliphatic rings. The third-order valence-electron chi connectivity index (χ3n) is 0.952. The minimum Gasteiger partial charge on any atom is -0.268 e. The van der Waals surface area contributed by atoms with Gasteiger partial charge >= 0.3 is 0 Å². The van der Waals surface area contributed by atoms with Crippen LogP contribution in [0.1, 0.15) is 5.56 Å². The second kappa shape index (κ2) is 2.39. The molecule has 0 atom stereocenters. The van der Waals surface area contributed by atoms with Crippen molar-refractivity contribution in [2.75, 3.05) is 0 Å². The first kappa shape index (κ1) is 5.94. The lowest BCUT2D eigenvalue weighted by atomic mass is 10.3. The summed E-state index contributed by atoms with van der Waals surface area (Å²) in [5, 5.41) is 5.49. The normalized spacial score (nSPS) is 9.44. The van der Waals surface area contributed by atoms with Crippen molar-refractivity contribution in [3.05, 3.63) is 28.2 Å². The standard InChI is InChI=1S/C5H5FN2O/c6-3-4-1-2-7-8-5(4)9/h1-2H,3H2,(H,8,9). The lowest BCUT2D eigenvalue weighted by Crippen LogP contribution is -2.11. The van der Waals surface area contributed by atoms with Gasteiger partial charge in [0, 0.05) is 6.20 Å². The van der Waals surface area contributed by atoms with Gasteiger partial charge in [-0.3, -0.25) is 4.79 Å². The van der Waals surface area contributed by atoms with E-state index in [0.29, 0.717) is 0 Å². The van der Waals surface area contributed by atoms with Crippen LogP contribution in [0, 0.1) is 0 Å². The Labute approximate surface area is 50.5 Å². The van der Waals surface area contributed by atoms with Crippen molar-refractivity contribution in [3.63, 3.8) is 0 Å². The van der Waals surface area contributed by atoms with Gasteiger partial charge in [0.15, 0.2) is 0 Å². The Morgan fingerprint density at radius 2 is 2.56 bits per heavy atom. The number of alkyl halides is 1. The molecule has 0 radical (unpaired) electrons. The van der Waals surface area contributed by atoms with Gasteiger partial charge in [0.2, 0.25) is 0 Å². The Hall–Kier alpha value is -1.19. The van der Waals surface area contributed by atoms with Gasteiger partial charge in [0.25, 0.3) is 5.56 Å². The average Bonchev–Trinajstić information content (AvgIpc) is 1.89. The minimum atomic E-state index is -0.738. The molecule has 9 heavy (non-hydrogen) atoms. The number of rotatable bonds is 1. The number of aromatic amines is 1. The maximum atomic E-state index is 11.7. The van der Waals surface area contributed by atoms with Gasteiger partial charge in [0.05, 0.1) is 5.56 Å². The molecular weight excluding hydrogens is 123 g/mol. The summed E-state index contributed by atoms with van der Waals surface area (Å²) in [6.07, 6.45) is 1.34. The second-order valence-corrected chi connectivity index (χ2v) is 1.54. The Bertz CT molecular complexity index is 245. The minimum absolute atomic E-state index is 0.116. The van der Waals surface area contributed by atoms with E-state index in [9.17, 15) is 9.18 Å². The first-order valence-electron chi connectivity index (χ1n) is 2.43. The first-order valence-corrected chi connectivity index (χ1v) is 2.43. The molecule has 0 saturated heterocycles. The maximum Gasteiger partial charge on any atom is 0.270 e. The molecule has 1 N–H and O–H groups in total. The quantitative estimate of drug-likeness (QED) is 0.588. The van der Waals surface area contributed by atoms with Crippen molar-refractivity contribution in [1.82, 2.24) is 10.2 Å². The monoisotopic (exact) mass is 128 g/mol. The van der Waals surface area contributed by atoms with Crippen LogP contribution in [0.2, 0.25) is 0 Å². The molecular formula is C5H5FN2O. The van der Waals surface area contributed by atoms with E-state index in [4.69, 9.17) is 0 Å². The van der Waals surface area contributed by atoms with Crippen LogP contribution in [-0.2, 0) is 6.67 Å². The van der Waals surface area contributed by atoms with Crippen molar-refractivity contribution in [2.24, 2.45) is 0 Å². The van der Waals surface area contributed by atoms with Gasteiger partial charge in [-0.15, -0.1) is 0 Å². The average molecular weight is 128 g/mol. The Morgan fingerprint density at radius 1 is 1.78 bits per heavy atom. The summed E-state index contributed by atoms with van der Waals surface area (Å²) in [5.74, 6) is 0. The molecule has 0 aliphatic carbocycles. The van der Waals surface area contributed by atoms with Gasteiger partial charge in [-0.05, 0) is 6.07 Å². The highest BCUT2D eigenvalue weighted by atomic mass is 19.1. The molecule has 0 aromatic carbocycles. The van der Waals surface area contributed by atoms with Crippen LogP contribution < -0.4 is 5.56 Å². The molecule has 48 valence electrons. The van der Waals surface area contributed by atoms with Crippen molar-refractivity contribution < 1.29 is 4.39 Å². The largest absolute Gasteiger partial charge is 0.270 e. The van der Waals surface area contributed by atoms with Crippen LogP contribution >= 0.6 is 0 Å². The topological polar surface area (TPSA) is 45.8 Å². The molecule has 1 aromatic rings. The summed E-state index contributed by atoms with van der Waals surface area (Å²) < 4.78 is 11.7. The number of aromatic nitrogens is 2. The van der Waals surface area contributed by atoms with Gasteiger partial charge in [0.1, 0.15) is 6.67 Å². The van der Waals surface area contributed by atoms with Crippen molar-refractivity contribution in [3.8, 4) is 0 Å². The first-order chi connectivity index (χ1) is 4.34. The van der Waals surface area contributed by atoms with Crippen LogP contribution in [0.5, 0.6) is 0 Å². The van der Waals surface area contributed by atoms with Crippen LogP contribution in [-0.4, -0.2) is 10.2 Å². The molecule has 1 heterocycles. The van der Waals surface area contributed by atoms with E-state index in [1.807, 2.05) is 0 Å². The summed E-state index contributed by atoms with van der Waals surface area (Å²) in [7, 11) is 0. The zero-order valence-electron chi connectivity index (χ0n) is 4.60. The van der Waals surface area contributed by atoms with E-state index in [1.165, 1.54) is 12.3 Å². The van der Waals surface area contributed by atoms with Gasteiger partial charge in [-0.2, -0.15) is 5.10 Å². The third kappa shape index (κ3) is 1.13. The zero-order valence-corrected chi connectivity index (χ0v) is 4.60. The smallest absolute Gasteiger partial charge is 0.268 e. The predicted molar refractivity (Wildman–Crippen MR) is 29.7 cm³/mol. The number of hydrogen-bond acceptors (Lipinski definition) is 2. The summed E-state index contributed by atoms with van der Waals surface area (Å²) in [4.78, 5) is 10.5. The maximum absolute atomic E-state index is 11.7. The fourth-order valence-corrected chi connectivity index (χ4v) is 0.476. The summed E-state index contributed by atoms with van der Waals surface area (Å²) in [5.41, 5.74) is -0.343. The lowest BCUT2D eigenvalue weighted by molar-refractivity contribution is 0.480. The molecule has 0 fully saturated rings.